The Morgan fingerprint density at radius 1 is 1.07 bits per heavy atom. The first-order chi connectivity index (χ1) is 14.0. The molecule has 0 unspecified atom stereocenters. The standard InChI is InChI=1S/C20H26N4O3S3/c1-11-12(2)14(4)18(15(5)13(11)3)30(26,27)22-9-7-17(25)24-20-23-16(6)19(29-20)28-10-8-21/h22H,7,9-10H2,1-6H3,(H,23,24,25). The number of nitriles is 1. The number of anilines is 1. The Hall–Kier alpha value is -1.93. The number of nitrogens with one attached hydrogen (secondary N) is 2. The number of hydrogen-bond acceptors (Lipinski definition) is 7. The first kappa shape index (κ1) is 24.3. The third kappa shape index (κ3) is 5.40. The van der Waals surface area contributed by atoms with Gasteiger partial charge in [-0.05, 0) is 69.4 Å². The molecule has 0 fully saturated rings. The maximum atomic E-state index is 12.9. The van der Waals surface area contributed by atoms with E-state index in [1.807, 2.05) is 41.5 Å². The van der Waals surface area contributed by atoms with Crippen LogP contribution in [0.15, 0.2) is 9.10 Å². The zero-order valence-corrected chi connectivity index (χ0v) is 20.4. The Morgan fingerprint density at radius 3 is 2.20 bits per heavy atom. The van der Waals surface area contributed by atoms with Crippen molar-refractivity contribution in [2.75, 3.05) is 17.6 Å². The minimum atomic E-state index is -3.74. The van der Waals surface area contributed by atoms with Crippen molar-refractivity contribution in [1.29, 1.82) is 5.26 Å². The summed E-state index contributed by atoms with van der Waals surface area (Å²) in [5.41, 5.74) is 5.23. The Morgan fingerprint density at radius 2 is 1.63 bits per heavy atom. The Kier molecular flexibility index (Phi) is 8.05. The number of aryl methyl sites for hydroxylation is 1. The van der Waals surface area contributed by atoms with E-state index in [0.29, 0.717) is 15.8 Å². The number of thiazole rings is 1. The molecule has 2 rings (SSSR count). The van der Waals surface area contributed by atoms with Gasteiger partial charge in [-0.3, -0.25) is 4.79 Å². The maximum absolute atomic E-state index is 12.9. The van der Waals surface area contributed by atoms with Gasteiger partial charge in [0.25, 0.3) is 0 Å². The van der Waals surface area contributed by atoms with Crippen molar-refractivity contribution in [3.63, 3.8) is 0 Å². The molecule has 0 aliphatic heterocycles. The molecule has 0 aliphatic rings. The SMILES string of the molecule is Cc1nc(NC(=O)CCNS(=O)(=O)c2c(C)c(C)c(C)c(C)c2C)sc1SCC#N. The highest BCUT2D eigenvalue weighted by Crippen LogP contribution is 2.32. The fraction of sp³-hybridized carbons (Fsp3) is 0.450. The van der Waals surface area contributed by atoms with Crippen LogP contribution >= 0.6 is 23.1 Å². The van der Waals surface area contributed by atoms with E-state index < -0.39 is 10.0 Å². The average molecular weight is 467 g/mol. The van der Waals surface area contributed by atoms with Crippen LogP contribution in [0.5, 0.6) is 0 Å². The van der Waals surface area contributed by atoms with E-state index >= 15 is 0 Å². The van der Waals surface area contributed by atoms with Gasteiger partial charge in [-0.25, -0.2) is 18.1 Å². The second-order valence-corrected chi connectivity index (χ2v) is 10.9. The van der Waals surface area contributed by atoms with E-state index in [1.54, 1.807) is 0 Å². The van der Waals surface area contributed by atoms with E-state index in [0.717, 1.165) is 37.7 Å². The lowest BCUT2D eigenvalue weighted by molar-refractivity contribution is -0.116. The molecular formula is C20H26N4O3S3. The lowest BCUT2D eigenvalue weighted by Crippen LogP contribution is -2.29. The Balaban J connectivity index is 2.03. The number of hydrogen-bond donors (Lipinski definition) is 2. The number of carbonyl (C=O) groups excluding carboxylic acids is 1. The van der Waals surface area contributed by atoms with Crippen molar-refractivity contribution >= 4 is 44.2 Å². The van der Waals surface area contributed by atoms with Gasteiger partial charge in [-0.1, -0.05) is 23.1 Å². The third-order valence-electron chi connectivity index (χ3n) is 5.11. The van der Waals surface area contributed by atoms with E-state index in [-0.39, 0.29) is 18.9 Å². The summed E-state index contributed by atoms with van der Waals surface area (Å²) in [7, 11) is -3.74. The van der Waals surface area contributed by atoms with Crippen LogP contribution in [0.3, 0.4) is 0 Å². The largest absolute Gasteiger partial charge is 0.302 e. The molecule has 2 N–H and O–H groups in total. The van der Waals surface area contributed by atoms with Crippen LogP contribution in [0.1, 0.15) is 39.9 Å². The summed E-state index contributed by atoms with van der Waals surface area (Å²) in [5, 5.41) is 11.8. The molecule has 30 heavy (non-hydrogen) atoms. The highest BCUT2D eigenvalue weighted by Gasteiger charge is 2.23. The first-order valence-corrected chi connectivity index (χ1v) is 12.6. The molecule has 0 saturated carbocycles. The fourth-order valence-electron chi connectivity index (χ4n) is 3.09. The molecule has 10 heteroatoms. The van der Waals surface area contributed by atoms with Crippen LogP contribution in [-0.2, 0) is 14.8 Å². The number of carbonyl (C=O) groups is 1. The molecule has 1 aromatic carbocycles. The summed E-state index contributed by atoms with van der Waals surface area (Å²) >= 11 is 2.67. The molecule has 0 bridgehead atoms. The molecular weight excluding hydrogens is 440 g/mol. The molecule has 162 valence electrons. The minimum Gasteiger partial charge on any atom is -0.302 e. The minimum absolute atomic E-state index is 0.0134. The van der Waals surface area contributed by atoms with Crippen LogP contribution in [0.2, 0.25) is 0 Å². The number of nitrogens with zero attached hydrogens (tertiary/aromatic N) is 2. The highest BCUT2D eigenvalue weighted by molar-refractivity contribution is 8.01. The normalized spacial score (nSPS) is 11.4. The second-order valence-electron chi connectivity index (χ2n) is 6.99. The molecule has 0 atom stereocenters. The van der Waals surface area contributed by atoms with Crippen LogP contribution in [0.25, 0.3) is 0 Å². The van der Waals surface area contributed by atoms with Crippen molar-refractivity contribution < 1.29 is 13.2 Å². The number of rotatable bonds is 8. The van der Waals surface area contributed by atoms with Crippen LogP contribution < -0.4 is 10.0 Å². The predicted octanol–water partition coefficient (Wildman–Crippen LogP) is 3.92. The topological polar surface area (TPSA) is 112 Å². The van der Waals surface area contributed by atoms with Crippen LogP contribution in [0, 0.1) is 52.9 Å². The van der Waals surface area contributed by atoms with Crippen molar-refractivity contribution in [3.05, 3.63) is 33.5 Å². The van der Waals surface area contributed by atoms with Crippen LogP contribution in [-0.4, -0.2) is 31.6 Å². The molecule has 2 aromatic rings. The van der Waals surface area contributed by atoms with Crippen molar-refractivity contribution in [2.24, 2.45) is 0 Å². The number of benzene rings is 1. The summed E-state index contributed by atoms with van der Waals surface area (Å²) in [6.07, 6.45) is -0.0134. The number of aromatic nitrogens is 1. The number of sulfonamides is 1. The molecule has 0 radical (unpaired) electrons. The van der Waals surface area contributed by atoms with Gasteiger partial charge in [0.1, 0.15) is 0 Å². The van der Waals surface area contributed by atoms with Gasteiger partial charge in [0, 0.05) is 13.0 Å². The maximum Gasteiger partial charge on any atom is 0.241 e. The van der Waals surface area contributed by atoms with Gasteiger partial charge >= 0.3 is 0 Å². The van der Waals surface area contributed by atoms with Gasteiger partial charge in [-0.2, -0.15) is 5.26 Å². The van der Waals surface area contributed by atoms with Gasteiger partial charge in [0.05, 0.1) is 26.6 Å². The smallest absolute Gasteiger partial charge is 0.241 e. The summed E-state index contributed by atoms with van der Waals surface area (Å²) in [5.74, 6) is -0.0115. The van der Waals surface area contributed by atoms with Crippen LogP contribution in [0.4, 0.5) is 5.13 Å². The fourth-order valence-corrected chi connectivity index (χ4v) is 6.53. The lowest BCUT2D eigenvalue weighted by Gasteiger charge is -2.19. The molecule has 0 spiro atoms. The lowest BCUT2D eigenvalue weighted by atomic mass is 9.95. The molecule has 1 amide bonds. The molecule has 0 saturated heterocycles. The van der Waals surface area contributed by atoms with Gasteiger partial charge in [0.2, 0.25) is 15.9 Å². The predicted molar refractivity (Wildman–Crippen MR) is 122 cm³/mol. The van der Waals surface area contributed by atoms with Gasteiger partial charge in [0.15, 0.2) is 5.13 Å². The molecule has 1 aromatic heterocycles. The monoisotopic (exact) mass is 466 g/mol. The van der Waals surface area contributed by atoms with E-state index in [4.69, 9.17) is 5.26 Å². The third-order valence-corrected chi connectivity index (χ3v) is 9.15. The summed E-state index contributed by atoms with van der Waals surface area (Å²) in [6, 6.07) is 2.06. The van der Waals surface area contributed by atoms with Crippen molar-refractivity contribution in [1.82, 2.24) is 9.71 Å². The quantitative estimate of drug-likeness (QED) is 0.570. The van der Waals surface area contributed by atoms with Crippen molar-refractivity contribution in [2.45, 2.75) is 57.1 Å². The van der Waals surface area contributed by atoms with E-state index in [2.05, 4.69) is 21.1 Å². The number of amides is 1. The van der Waals surface area contributed by atoms with E-state index in [1.165, 1.54) is 23.1 Å². The van der Waals surface area contributed by atoms with Crippen molar-refractivity contribution in [3.8, 4) is 6.07 Å². The van der Waals surface area contributed by atoms with Gasteiger partial charge in [-0.15, -0.1) is 0 Å². The summed E-state index contributed by atoms with van der Waals surface area (Å²) in [6.45, 7) is 11.2. The highest BCUT2D eigenvalue weighted by atomic mass is 32.2. The molecule has 7 nitrogen and oxygen atoms in total. The average Bonchev–Trinajstić information content (AvgIpc) is 3.01. The van der Waals surface area contributed by atoms with Gasteiger partial charge < -0.3 is 5.32 Å². The summed E-state index contributed by atoms with van der Waals surface area (Å²) < 4.78 is 29.2. The zero-order valence-electron chi connectivity index (χ0n) is 18.0. The zero-order chi connectivity index (χ0) is 22.6. The van der Waals surface area contributed by atoms with E-state index in [9.17, 15) is 13.2 Å². The Bertz CT molecular complexity index is 1090. The molecule has 1 heterocycles. The number of thioether (sulfide) groups is 1. The summed E-state index contributed by atoms with van der Waals surface area (Å²) in [4.78, 5) is 16.8. The first-order valence-electron chi connectivity index (χ1n) is 9.33. The Labute approximate surface area is 186 Å². The second kappa shape index (κ2) is 9.92. The molecule has 0 aliphatic carbocycles.